The molecule has 0 aliphatic rings. The monoisotopic (exact) mass is 1100 g/mol. The van der Waals surface area contributed by atoms with E-state index in [1.165, 1.54) is 70.7 Å². The molecule has 10 rings (SSSR count). The maximum Gasteiger partial charge on any atom is 1.00 e. The Balaban J connectivity index is 0.000000159. The Kier molecular flexibility index (Phi) is 16.0. The van der Waals surface area contributed by atoms with Crippen LogP contribution < -0.4 is 21.2 Å². The van der Waals surface area contributed by atoms with Gasteiger partial charge in [-0.15, -0.1) is 35.4 Å². The summed E-state index contributed by atoms with van der Waals surface area (Å²) < 4.78 is 4.36. The number of nitrogens with zero attached hydrogens (tertiary/aromatic N) is 2. The van der Waals surface area contributed by atoms with E-state index >= 15 is 0 Å². The molecule has 2 heterocycles. The number of benzene rings is 8. The summed E-state index contributed by atoms with van der Waals surface area (Å²) in [4.78, 5) is 0. The maximum absolute atomic E-state index is 7.18. The molecule has 0 bridgehead atoms. The van der Waals surface area contributed by atoms with Gasteiger partial charge in [0.1, 0.15) is 37.1 Å². The standard InChI is InChI=1S/C25H22P2.2C15H10N.Ag.Au/c1-5-13-22(14-6-1)26(23-15-7-2-8-16-23)21-27(24-17-9-3-10-18-24)25-19-11-4-12-20-25;2*1-3-11-8-9-15-13(10-11)12-6-4-5-7-14(12)16(15)2;;/h1-20H,21H2;2*4-10H,2H3;;/q;2*-1;2*+1/p+2. The van der Waals surface area contributed by atoms with E-state index in [9.17, 15) is 0 Å². The first-order valence-corrected chi connectivity index (χ1v) is 23.2. The van der Waals surface area contributed by atoms with Crippen LogP contribution in [0.4, 0.5) is 0 Å². The van der Waals surface area contributed by atoms with E-state index in [0.29, 0.717) is 0 Å². The maximum atomic E-state index is 7.18. The van der Waals surface area contributed by atoms with Crippen molar-refractivity contribution in [1.29, 1.82) is 0 Å². The molecule has 0 spiro atoms. The molecule has 10 aromatic rings. The summed E-state index contributed by atoms with van der Waals surface area (Å²) in [6.45, 7) is 0. The van der Waals surface area contributed by atoms with E-state index in [-0.39, 0.29) is 44.8 Å². The van der Waals surface area contributed by atoms with Crippen molar-refractivity contribution in [3.63, 3.8) is 0 Å². The summed E-state index contributed by atoms with van der Waals surface area (Å²) in [6, 6.07) is 73.1. The molecule has 8 aromatic carbocycles. The first kappa shape index (κ1) is 45.4. The number of aromatic nitrogens is 2. The van der Waals surface area contributed by atoms with Crippen molar-refractivity contribution in [3.05, 3.63) is 230 Å². The van der Waals surface area contributed by atoms with Gasteiger partial charge in [-0.05, 0) is 71.4 Å². The second-order valence-corrected chi connectivity index (χ2v) is 20.1. The summed E-state index contributed by atoms with van der Waals surface area (Å²) in [6.07, 6.45) is 14.4. The predicted octanol–water partition coefficient (Wildman–Crippen LogP) is 11.2. The second kappa shape index (κ2) is 21.6. The zero-order valence-corrected chi connectivity index (χ0v) is 39.5. The van der Waals surface area contributed by atoms with E-state index in [1.807, 2.05) is 60.7 Å². The first-order valence-electron chi connectivity index (χ1n) is 19.8. The third kappa shape index (κ3) is 10.1. The van der Waals surface area contributed by atoms with Gasteiger partial charge in [-0.2, -0.15) is 0 Å². The topological polar surface area (TPSA) is 9.86 Å². The van der Waals surface area contributed by atoms with E-state index < -0.39 is 15.8 Å². The molecule has 0 saturated heterocycles. The normalized spacial score (nSPS) is 10.5. The van der Waals surface area contributed by atoms with E-state index in [0.717, 1.165) is 11.1 Å². The molecule has 0 atom stereocenters. The number of rotatable bonds is 6. The largest absolute Gasteiger partial charge is 1.00 e. The zero-order chi connectivity index (χ0) is 40.6. The average Bonchev–Trinajstić information content (AvgIpc) is 3.77. The molecule has 0 fully saturated rings. The van der Waals surface area contributed by atoms with Crippen molar-refractivity contribution in [1.82, 2.24) is 9.13 Å². The fourth-order valence-corrected chi connectivity index (χ4v) is 15.7. The third-order valence-electron chi connectivity index (χ3n) is 11.0. The van der Waals surface area contributed by atoms with Crippen LogP contribution in [0.3, 0.4) is 0 Å². The van der Waals surface area contributed by atoms with Gasteiger partial charge < -0.3 is 22.0 Å². The van der Waals surface area contributed by atoms with Gasteiger partial charge in [-0.25, -0.2) is 0 Å². The van der Waals surface area contributed by atoms with Crippen LogP contribution >= 0.6 is 15.8 Å². The molecule has 6 heteroatoms. The van der Waals surface area contributed by atoms with Crippen molar-refractivity contribution in [2.24, 2.45) is 14.1 Å². The Morgan fingerprint density at radius 2 is 0.656 bits per heavy atom. The van der Waals surface area contributed by atoms with Crippen molar-refractivity contribution in [3.8, 4) is 11.8 Å². The van der Waals surface area contributed by atoms with Gasteiger partial charge in [0, 0.05) is 46.9 Å². The summed E-state index contributed by atoms with van der Waals surface area (Å²) >= 11 is 0. The minimum atomic E-state index is -0.847. The number of aryl methyl sites for hydroxylation is 2. The van der Waals surface area contributed by atoms with Crippen LogP contribution in [0.1, 0.15) is 11.1 Å². The summed E-state index contributed by atoms with van der Waals surface area (Å²) in [7, 11) is 2.44. The summed E-state index contributed by atoms with van der Waals surface area (Å²) in [5.41, 5.74) is 6.48. The third-order valence-corrected chi connectivity index (χ3v) is 17.9. The number of para-hydroxylation sites is 2. The van der Waals surface area contributed by atoms with Gasteiger partial charge in [0.2, 0.25) is 0 Å². The molecule has 61 heavy (non-hydrogen) atoms. The SMILES string of the molecule is [Ag+].[Au+].[C-]#Cc1ccc2c(c1)c1ccccc1n2C.[C-]#Cc1ccc2c(c1)c1ccccc1n2C.c1ccc([PH+](C[PH+](c2ccccc2)c2ccccc2)c2ccccc2)cc1. The van der Waals surface area contributed by atoms with Crippen LogP contribution in [0.2, 0.25) is 0 Å². The van der Waals surface area contributed by atoms with Crippen LogP contribution in [0, 0.1) is 24.7 Å². The molecular weight excluding hydrogens is 1060 g/mol. The van der Waals surface area contributed by atoms with Gasteiger partial charge in [-0.1, -0.05) is 121 Å². The van der Waals surface area contributed by atoms with Crippen molar-refractivity contribution >= 4 is 80.7 Å². The molecule has 304 valence electrons. The van der Waals surface area contributed by atoms with Gasteiger partial charge in [0.05, 0.1) is 0 Å². The summed E-state index contributed by atoms with van der Waals surface area (Å²) in [5, 5.41) is 10.9. The van der Waals surface area contributed by atoms with Gasteiger partial charge in [0.15, 0.2) is 5.90 Å². The van der Waals surface area contributed by atoms with Crippen LogP contribution in [0.5, 0.6) is 0 Å². The van der Waals surface area contributed by atoms with Crippen molar-refractivity contribution in [2.75, 3.05) is 5.90 Å². The molecule has 0 amide bonds. The van der Waals surface area contributed by atoms with Gasteiger partial charge >= 0.3 is 44.8 Å². The molecule has 0 radical (unpaired) electrons. The Morgan fingerprint density at radius 1 is 0.377 bits per heavy atom. The van der Waals surface area contributed by atoms with Crippen LogP contribution in [-0.4, -0.2) is 15.0 Å². The molecule has 0 aliphatic carbocycles. The van der Waals surface area contributed by atoms with Crippen LogP contribution in [0.25, 0.3) is 43.6 Å². The Morgan fingerprint density at radius 3 is 0.967 bits per heavy atom. The zero-order valence-electron chi connectivity index (χ0n) is 33.8. The Labute approximate surface area is 393 Å². The second-order valence-electron chi connectivity index (χ2n) is 14.5. The minimum Gasteiger partial charge on any atom is -0.366 e. The van der Waals surface area contributed by atoms with Gasteiger partial charge in [0.25, 0.3) is 0 Å². The molecule has 0 unspecified atom stereocenters. The molecule has 0 saturated carbocycles. The predicted molar refractivity (Wildman–Crippen MR) is 259 cm³/mol. The first-order chi connectivity index (χ1) is 29.0. The van der Waals surface area contributed by atoms with Crippen molar-refractivity contribution < 1.29 is 44.8 Å². The Bertz CT molecular complexity index is 2790. The minimum absolute atomic E-state index is 0. The van der Waals surface area contributed by atoms with Gasteiger partial charge in [-0.3, -0.25) is 11.8 Å². The molecule has 0 N–H and O–H groups in total. The quantitative estimate of drug-likeness (QED) is 0.0680. The van der Waals surface area contributed by atoms with Crippen LogP contribution in [0.15, 0.2) is 206 Å². The fraction of sp³-hybridized carbons (Fsp3) is 0.0545. The number of hydrogen-bond donors (Lipinski definition) is 0. The molecular formula is C55H44AgAuN2P2+2. The van der Waals surface area contributed by atoms with E-state index in [2.05, 4.69) is 181 Å². The number of hydrogen-bond acceptors (Lipinski definition) is 0. The van der Waals surface area contributed by atoms with Crippen LogP contribution in [-0.2, 0) is 58.9 Å². The number of fused-ring (bicyclic) bond motifs is 6. The van der Waals surface area contributed by atoms with E-state index in [4.69, 9.17) is 12.8 Å². The molecule has 2 aromatic heterocycles. The molecule has 0 aliphatic heterocycles. The smallest absolute Gasteiger partial charge is 0.366 e. The van der Waals surface area contributed by atoms with E-state index in [1.54, 1.807) is 0 Å². The molecule has 2 nitrogen and oxygen atoms in total. The fourth-order valence-electron chi connectivity index (χ4n) is 7.97. The summed E-state index contributed by atoms with van der Waals surface area (Å²) in [5.74, 6) is 6.11. The average molecular weight is 1100 g/mol. The Hall–Kier alpha value is -5.18. The van der Waals surface area contributed by atoms with Crippen molar-refractivity contribution in [2.45, 2.75) is 0 Å².